The van der Waals surface area contributed by atoms with Crippen molar-refractivity contribution in [2.75, 3.05) is 13.1 Å². The van der Waals surface area contributed by atoms with Crippen LogP contribution in [0.5, 0.6) is 0 Å². The predicted molar refractivity (Wildman–Crippen MR) is 71.5 cm³/mol. The van der Waals surface area contributed by atoms with E-state index in [0.29, 0.717) is 6.04 Å². The number of aliphatic imine (C=N–C) groups is 1. The molecule has 2 rings (SSSR count). The van der Waals surface area contributed by atoms with E-state index in [1.807, 2.05) is 0 Å². The highest BCUT2D eigenvalue weighted by Gasteiger charge is 2.25. The van der Waals surface area contributed by atoms with Gasteiger partial charge in [0.1, 0.15) is 0 Å². The summed E-state index contributed by atoms with van der Waals surface area (Å²) >= 11 is 0. The third-order valence-corrected chi connectivity index (χ3v) is 4.00. The average molecular weight is 238 g/mol. The molecule has 1 unspecified atom stereocenters. The molecule has 1 aliphatic carbocycles. The van der Waals surface area contributed by atoms with Gasteiger partial charge in [-0.15, -0.1) is 0 Å². The Morgan fingerprint density at radius 3 is 2.59 bits per heavy atom. The summed E-state index contributed by atoms with van der Waals surface area (Å²) in [5, 5.41) is 0. The molecule has 2 aliphatic rings. The number of nitrogens with zero attached hydrogens (tertiary/aromatic N) is 2. The monoisotopic (exact) mass is 238 g/mol. The fraction of sp³-hybridized carbons (Fsp3) is 0.923. The number of guanidine groups is 1. The first-order valence-corrected chi connectivity index (χ1v) is 7.00. The van der Waals surface area contributed by atoms with Crippen molar-refractivity contribution < 1.29 is 0 Å². The van der Waals surface area contributed by atoms with Gasteiger partial charge in [0.05, 0.1) is 6.04 Å². The first kappa shape index (κ1) is 12.7. The first-order chi connectivity index (χ1) is 8.20. The maximum absolute atomic E-state index is 5.60. The van der Waals surface area contributed by atoms with E-state index in [1.165, 1.54) is 32.1 Å². The number of hydrazine groups is 1. The Balaban J connectivity index is 1.92. The van der Waals surface area contributed by atoms with E-state index in [1.54, 1.807) is 0 Å². The van der Waals surface area contributed by atoms with Gasteiger partial charge in [-0.05, 0) is 43.9 Å². The van der Waals surface area contributed by atoms with E-state index in [4.69, 9.17) is 5.84 Å². The highest BCUT2D eigenvalue weighted by Crippen LogP contribution is 2.26. The van der Waals surface area contributed by atoms with Crippen molar-refractivity contribution in [2.45, 2.75) is 52.0 Å². The van der Waals surface area contributed by atoms with Crippen molar-refractivity contribution >= 4 is 5.96 Å². The standard InChI is InChI=1S/C13H26N4/c1-10(2)11-4-3-8-17(9-7-11)13(16-14)15-12-5-6-12/h10-12H,3-9,14H2,1-2H3,(H,15,16). The van der Waals surface area contributed by atoms with Crippen molar-refractivity contribution in [3.05, 3.63) is 0 Å². The van der Waals surface area contributed by atoms with Crippen LogP contribution in [0.15, 0.2) is 4.99 Å². The molecule has 0 aromatic carbocycles. The zero-order valence-corrected chi connectivity index (χ0v) is 11.2. The molecule has 3 N–H and O–H groups in total. The number of hydrogen-bond donors (Lipinski definition) is 2. The number of nitrogens with two attached hydrogens (primary N) is 1. The van der Waals surface area contributed by atoms with Gasteiger partial charge in [-0.25, -0.2) is 10.8 Å². The van der Waals surface area contributed by atoms with Crippen molar-refractivity contribution in [1.82, 2.24) is 10.3 Å². The van der Waals surface area contributed by atoms with Crippen LogP contribution in [0.4, 0.5) is 0 Å². The molecule has 1 saturated carbocycles. The molecule has 0 aromatic rings. The highest BCUT2D eigenvalue weighted by atomic mass is 15.4. The number of hydrogen-bond acceptors (Lipinski definition) is 2. The third kappa shape index (κ3) is 3.60. The van der Waals surface area contributed by atoms with Crippen molar-refractivity contribution in [3.8, 4) is 0 Å². The lowest BCUT2D eigenvalue weighted by Crippen LogP contribution is -2.45. The summed E-state index contributed by atoms with van der Waals surface area (Å²) in [6, 6.07) is 0.533. The van der Waals surface area contributed by atoms with Gasteiger partial charge in [-0.1, -0.05) is 13.8 Å². The van der Waals surface area contributed by atoms with Crippen LogP contribution in [0.1, 0.15) is 46.0 Å². The Kier molecular flexibility index (Phi) is 4.26. The lowest BCUT2D eigenvalue weighted by atomic mass is 9.89. The second-order valence-electron chi connectivity index (χ2n) is 5.75. The smallest absolute Gasteiger partial charge is 0.208 e. The molecule has 2 fully saturated rings. The van der Waals surface area contributed by atoms with Crippen LogP contribution in [0.2, 0.25) is 0 Å². The second kappa shape index (κ2) is 5.71. The van der Waals surface area contributed by atoms with Crippen LogP contribution in [0, 0.1) is 11.8 Å². The minimum absolute atomic E-state index is 0.533. The summed E-state index contributed by atoms with van der Waals surface area (Å²) in [5.41, 5.74) is 2.79. The van der Waals surface area contributed by atoms with E-state index < -0.39 is 0 Å². The van der Waals surface area contributed by atoms with Crippen LogP contribution in [0.25, 0.3) is 0 Å². The quantitative estimate of drug-likeness (QED) is 0.333. The fourth-order valence-electron chi connectivity index (χ4n) is 2.59. The molecule has 4 heteroatoms. The number of rotatable bonds is 2. The molecular weight excluding hydrogens is 212 g/mol. The van der Waals surface area contributed by atoms with Gasteiger partial charge in [0, 0.05) is 13.1 Å². The van der Waals surface area contributed by atoms with E-state index in [9.17, 15) is 0 Å². The van der Waals surface area contributed by atoms with Crippen molar-refractivity contribution in [2.24, 2.45) is 22.7 Å². The molecule has 0 radical (unpaired) electrons. The van der Waals surface area contributed by atoms with E-state index in [-0.39, 0.29) is 0 Å². The average Bonchev–Trinajstić information content (AvgIpc) is 3.12. The van der Waals surface area contributed by atoms with Gasteiger partial charge >= 0.3 is 0 Å². The lowest BCUT2D eigenvalue weighted by Gasteiger charge is -2.24. The van der Waals surface area contributed by atoms with E-state index in [0.717, 1.165) is 30.9 Å². The summed E-state index contributed by atoms with van der Waals surface area (Å²) in [7, 11) is 0. The Morgan fingerprint density at radius 2 is 2.00 bits per heavy atom. The molecule has 17 heavy (non-hydrogen) atoms. The SMILES string of the molecule is CC(C)C1CCCN(C(=NC2CC2)NN)CC1. The minimum atomic E-state index is 0.533. The Hall–Kier alpha value is -0.770. The largest absolute Gasteiger partial charge is 0.342 e. The predicted octanol–water partition coefficient (Wildman–Crippen LogP) is 1.73. The van der Waals surface area contributed by atoms with Gasteiger partial charge in [0.15, 0.2) is 0 Å². The van der Waals surface area contributed by atoms with Crippen LogP contribution >= 0.6 is 0 Å². The second-order valence-corrected chi connectivity index (χ2v) is 5.75. The Bertz CT molecular complexity index is 271. The number of likely N-dealkylation sites (tertiary alicyclic amines) is 1. The highest BCUT2D eigenvalue weighted by molar-refractivity contribution is 5.79. The Morgan fingerprint density at radius 1 is 1.24 bits per heavy atom. The van der Waals surface area contributed by atoms with Crippen LogP contribution in [0.3, 0.4) is 0 Å². The maximum atomic E-state index is 5.60. The third-order valence-electron chi connectivity index (χ3n) is 4.00. The van der Waals surface area contributed by atoms with Crippen molar-refractivity contribution in [3.63, 3.8) is 0 Å². The molecule has 0 bridgehead atoms. The van der Waals surface area contributed by atoms with Gasteiger partial charge in [0.25, 0.3) is 0 Å². The molecule has 1 atom stereocenters. The zero-order chi connectivity index (χ0) is 12.3. The van der Waals surface area contributed by atoms with Crippen LogP contribution in [-0.4, -0.2) is 30.0 Å². The summed E-state index contributed by atoms with van der Waals surface area (Å²) in [4.78, 5) is 6.98. The minimum Gasteiger partial charge on any atom is -0.342 e. The molecule has 98 valence electrons. The fourth-order valence-corrected chi connectivity index (χ4v) is 2.59. The molecule has 4 nitrogen and oxygen atoms in total. The summed E-state index contributed by atoms with van der Waals surface area (Å²) < 4.78 is 0. The van der Waals surface area contributed by atoms with Crippen LogP contribution in [-0.2, 0) is 0 Å². The van der Waals surface area contributed by atoms with Gasteiger partial charge < -0.3 is 4.90 Å². The molecular formula is C13H26N4. The normalized spacial score (nSPS) is 27.2. The van der Waals surface area contributed by atoms with E-state index in [2.05, 4.69) is 29.2 Å². The van der Waals surface area contributed by atoms with Gasteiger partial charge in [-0.2, -0.15) is 0 Å². The van der Waals surface area contributed by atoms with E-state index >= 15 is 0 Å². The first-order valence-electron chi connectivity index (χ1n) is 7.00. The Labute approximate surface area is 105 Å². The summed E-state index contributed by atoms with van der Waals surface area (Å²) in [6.07, 6.45) is 6.33. The molecule has 1 aliphatic heterocycles. The summed E-state index contributed by atoms with van der Waals surface area (Å²) in [6.45, 7) is 6.86. The molecule has 1 heterocycles. The molecule has 0 aromatic heterocycles. The van der Waals surface area contributed by atoms with Crippen LogP contribution < -0.4 is 11.3 Å². The lowest BCUT2D eigenvalue weighted by molar-refractivity contribution is 0.338. The summed E-state index contributed by atoms with van der Waals surface area (Å²) in [5.74, 6) is 8.17. The number of nitrogens with one attached hydrogen (secondary N) is 1. The molecule has 0 amide bonds. The maximum Gasteiger partial charge on any atom is 0.208 e. The van der Waals surface area contributed by atoms with Crippen molar-refractivity contribution in [1.29, 1.82) is 0 Å². The molecule has 0 spiro atoms. The van der Waals surface area contributed by atoms with Gasteiger partial charge in [-0.3, -0.25) is 5.43 Å². The topological polar surface area (TPSA) is 53.6 Å². The van der Waals surface area contributed by atoms with Gasteiger partial charge in [0.2, 0.25) is 5.96 Å². The molecule has 1 saturated heterocycles. The zero-order valence-electron chi connectivity index (χ0n) is 11.2.